The van der Waals surface area contributed by atoms with Crippen molar-refractivity contribution >= 4 is 16.7 Å². The maximum atomic E-state index is 14.1. The molecule has 0 saturated carbocycles. The van der Waals surface area contributed by atoms with Crippen molar-refractivity contribution in [3.05, 3.63) is 48.0 Å². The fourth-order valence-electron chi connectivity index (χ4n) is 2.05. The topological polar surface area (TPSA) is 61.0 Å². The summed E-state index contributed by atoms with van der Waals surface area (Å²) in [6.07, 6.45) is 0. The SMILES string of the molecule is COc1ccc(-c2nc(N)c3ccc(F)cc3n2)c(F)c1. The fourth-order valence-corrected chi connectivity index (χ4v) is 2.05. The van der Waals surface area contributed by atoms with Crippen molar-refractivity contribution in [1.29, 1.82) is 0 Å². The summed E-state index contributed by atoms with van der Waals surface area (Å²) in [5.74, 6) is -0.321. The third-order valence-electron chi connectivity index (χ3n) is 3.11. The van der Waals surface area contributed by atoms with E-state index in [0.717, 1.165) is 0 Å². The van der Waals surface area contributed by atoms with Gasteiger partial charge in [-0.05, 0) is 24.3 Å². The molecule has 2 aromatic carbocycles. The molecule has 0 unspecified atom stereocenters. The highest BCUT2D eigenvalue weighted by Gasteiger charge is 2.12. The number of nitrogen functional groups attached to an aromatic ring is 1. The number of hydrogen-bond acceptors (Lipinski definition) is 4. The van der Waals surface area contributed by atoms with Gasteiger partial charge in [0.05, 0.1) is 18.2 Å². The van der Waals surface area contributed by atoms with Gasteiger partial charge in [0.25, 0.3) is 0 Å². The quantitative estimate of drug-likeness (QED) is 0.786. The number of anilines is 1. The number of methoxy groups -OCH3 is 1. The average molecular weight is 287 g/mol. The van der Waals surface area contributed by atoms with Gasteiger partial charge in [-0.2, -0.15) is 0 Å². The Morgan fingerprint density at radius 2 is 1.86 bits per heavy atom. The molecule has 0 bridgehead atoms. The molecule has 0 aliphatic rings. The smallest absolute Gasteiger partial charge is 0.165 e. The van der Waals surface area contributed by atoms with Gasteiger partial charge >= 0.3 is 0 Å². The Labute approximate surface area is 119 Å². The monoisotopic (exact) mass is 287 g/mol. The molecule has 0 saturated heterocycles. The summed E-state index contributed by atoms with van der Waals surface area (Å²) < 4.78 is 32.3. The number of fused-ring (bicyclic) bond motifs is 1. The van der Waals surface area contributed by atoms with Gasteiger partial charge < -0.3 is 10.5 Å². The van der Waals surface area contributed by atoms with Gasteiger partial charge in [0.1, 0.15) is 23.2 Å². The number of nitrogens with two attached hydrogens (primary N) is 1. The molecule has 21 heavy (non-hydrogen) atoms. The van der Waals surface area contributed by atoms with Crippen LogP contribution in [0, 0.1) is 11.6 Å². The number of halogens is 2. The van der Waals surface area contributed by atoms with E-state index >= 15 is 0 Å². The Hall–Kier alpha value is -2.76. The second kappa shape index (κ2) is 4.97. The first-order valence-corrected chi connectivity index (χ1v) is 6.15. The largest absolute Gasteiger partial charge is 0.497 e. The van der Waals surface area contributed by atoms with E-state index in [0.29, 0.717) is 16.7 Å². The number of rotatable bonds is 2. The Morgan fingerprint density at radius 1 is 1.05 bits per heavy atom. The van der Waals surface area contributed by atoms with Crippen molar-refractivity contribution in [1.82, 2.24) is 9.97 Å². The summed E-state index contributed by atoms with van der Waals surface area (Å²) in [5, 5.41) is 0.522. The molecule has 0 fully saturated rings. The van der Waals surface area contributed by atoms with Gasteiger partial charge in [-0.3, -0.25) is 0 Å². The Bertz CT molecular complexity index is 837. The lowest BCUT2D eigenvalue weighted by molar-refractivity contribution is 0.411. The molecule has 2 N–H and O–H groups in total. The van der Waals surface area contributed by atoms with Gasteiger partial charge in [0, 0.05) is 17.5 Å². The second-order valence-electron chi connectivity index (χ2n) is 4.44. The van der Waals surface area contributed by atoms with Gasteiger partial charge in [-0.25, -0.2) is 18.7 Å². The first-order valence-electron chi connectivity index (χ1n) is 6.15. The van der Waals surface area contributed by atoms with Crippen LogP contribution in [0.2, 0.25) is 0 Å². The van der Waals surface area contributed by atoms with E-state index in [9.17, 15) is 8.78 Å². The zero-order valence-corrected chi connectivity index (χ0v) is 11.1. The lowest BCUT2D eigenvalue weighted by atomic mass is 10.1. The molecule has 0 amide bonds. The van der Waals surface area contributed by atoms with E-state index in [1.807, 2.05) is 0 Å². The highest BCUT2D eigenvalue weighted by Crippen LogP contribution is 2.27. The normalized spacial score (nSPS) is 10.8. The molecular formula is C15H11F2N3O. The van der Waals surface area contributed by atoms with Crippen LogP contribution in [0.3, 0.4) is 0 Å². The van der Waals surface area contributed by atoms with Crippen molar-refractivity contribution in [2.24, 2.45) is 0 Å². The summed E-state index contributed by atoms with van der Waals surface area (Å²) in [5.41, 5.74) is 6.33. The van der Waals surface area contributed by atoms with Gasteiger partial charge in [-0.15, -0.1) is 0 Å². The third-order valence-corrected chi connectivity index (χ3v) is 3.11. The molecule has 1 aromatic heterocycles. The van der Waals surface area contributed by atoms with Crippen LogP contribution in [0.1, 0.15) is 0 Å². The van der Waals surface area contributed by atoms with E-state index in [-0.39, 0.29) is 17.2 Å². The van der Waals surface area contributed by atoms with E-state index in [1.54, 1.807) is 6.07 Å². The van der Waals surface area contributed by atoms with Crippen molar-refractivity contribution in [2.75, 3.05) is 12.8 Å². The molecule has 106 valence electrons. The van der Waals surface area contributed by atoms with Crippen LogP contribution in [0.5, 0.6) is 5.75 Å². The maximum Gasteiger partial charge on any atom is 0.165 e. The highest BCUT2D eigenvalue weighted by molar-refractivity contribution is 5.89. The minimum atomic E-state index is -0.537. The molecule has 1 heterocycles. The molecule has 0 aliphatic carbocycles. The fraction of sp³-hybridized carbons (Fsp3) is 0.0667. The summed E-state index contributed by atoms with van der Waals surface area (Å²) >= 11 is 0. The Balaban J connectivity index is 2.21. The number of aromatic nitrogens is 2. The summed E-state index contributed by atoms with van der Waals surface area (Å²) in [6, 6.07) is 8.31. The van der Waals surface area contributed by atoms with Crippen LogP contribution in [-0.2, 0) is 0 Å². The predicted molar refractivity (Wildman–Crippen MR) is 75.9 cm³/mol. The second-order valence-corrected chi connectivity index (χ2v) is 4.44. The first-order chi connectivity index (χ1) is 10.1. The first kappa shape index (κ1) is 13.2. The number of nitrogens with zero attached hydrogens (tertiary/aromatic N) is 2. The van der Waals surface area contributed by atoms with E-state index in [2.05, 4.69) is 9.97 Å². The third kappa shape index (κ3) is 2.35. The van der Waals surface area contributed by atoms with Crippen LogP contribution >= 0.6 is 0 Å². The van der Waals surface area contributed by atoms with E-state index in [1.165, 1.54) is 37.4 Å². The maximum absolute atomic E-state index is 14.1. The van der Waals surface area contributed by atoms with Crippen LogP contribution in [0.4, 0.5) is 14.6 Å². The minimum Gasteiger partial charge on any atom is -0.497 e. The van der Waals surface area contributed by atoms with Crippen LogP contribution < -0.4 is 10.5 Å². The van der Waals surface area contributed by atoms with Gasteiger partial charge in [-0.1, -0.05) is 0 Å². The highest BCUT2D eigenvalue weighted by atomic mass is 19.1. The Kier molecular flexibility index (Phi) is 3.13. The van der Waals surface area contributed by atoms with Crippen molar-refractivity contribution in [3.63, 3.8) is 0 Å². The lowest BCUT2D eigenvalue weighted by Gasteiger charge is -2.07. The molecule has 3 aromatic rings. The molecule has 0 aliphatic heterocycles. The zero-order valence-electron chi connectivity index (χ0n) is 11.1. The van der Waals surface area contributed by atoms with Crippen LogP contribution in [0.25, 0.3) is 22.3 Å². The number of benzene rings is 2. The predicted octanol–water partition coefficient (Wildman–Crippen LogP) is 3.17. The molecule has 3 rings (SSSR count). The Morgan fingerprint density at radius 3 is 2.57 bits per heavy atom. The molecule has 0 spiro atoms. The van der Waals surface area contributed by atoms with Crippen molar-refractivity contribution in [2.45, 2.75) is 0 Å². The average Bonchev–Trinajstić information content (AvgIpc) is 2.46. The minimum absolute atomic E-state index is 0.103. The number of hydrogen-bond donors (Lipinski definition) is 1. The van der Waals surface area contributed by atoms with E-state index < -0.39 is 11.6 Å². The van der Waals surface area contributed by atoms with Crippen molar-refractivity contribution < 1.29 is 13.5 Å². The summed E-state index contributed by atoms with van der Waals surface area (Å²) in [4.78, 5) is 8.25. The van der Waals surface area contributed by atoms with Gasteiger partial charge in [0.2, 0.25) is 0 Å². The number of ether oxygens (including phenoxy) is 1. The summed E-state index contributed by atoms with van der Waals surface area (Å²) in [6.45, 7) is 0. The van der Waals surface area contributed by atoms with Crippen LogP contribution in [0.15, 0.2) is 36.4 Å². The van der Waals surface area contributed by atoms with E-state index in [4.69, 9.17) is 10.5 Å². The summed E-state index contributed by atoms with van der Waals surface area (Å²) in [7, 11) is 1.45. The molecule has 6 heteroatoms. The molecule has 4 nitrogen and oxygen atoms in total. The van der Waals surface area contributed by atoms with Crippen LogP contribution in [-0.4, -0.2) is 17.1 Å². The molecular weight excluding hydrogens is 276 g/mol. The van der Waals surface area contributed by atoms with Crippen molar-refractivity contribution in [3.8, 4) is 17.1 Å². The molecule has 0 radical (unpaired) electrons. The van der Waals surface area contributed by atoms with Gasteiger partial charge in [0.15, 0.2) is 5.82 Å². The molecule has 0 atom stereocenters. The standard InChI is InChI=1S/C15H11F2N3O/c1-21-9-3-5-10(12(17)7-9)15-19-13-6-8(16)2-4-11(13)14(18)20-15/h2-7H,1H3,(H2,18,19,20). The lowest BCUT2D eigenvalue weighted by Crippen LogP contribution is -1.99. The zero-order chi connectivity index (χ0) is 15.0.